The average Bonchev–Trinajstić information content (AvgIpc) is 3.10. The van der Waals surface area contributed by atoms with Crippen LogP contribution in [0.15, 0.2) is 43.0 Å². The Balaban J connectivity index is 1.93. The first kappa shape index (κ1) is 13.3. The minimum absolute atomic E-state index is 0.00468. The Kier molecular flexibility index (Phi) is 3.82. The average molecular weight is 306 g/mol. The number of imidazole rings is 1. The second-order valence-corrected chi connectivity index (χ2v) is 5.81. The van der Waals surface area contributed by atoms with Crippen molar-refractivity contribution < 1.29 is 5.11 Å². The number of rotatable bonds is 4. The summed E-state index contributed by atoms with van der Waals surface area (Å²) in [5.41, 5.74) is 1.88. The van der Waals surface area contributed by atoms with E-state index in [0.717, 1.165) is 21.1 Å². The van der Waals surface area contributed by atoms with Gasteiger partial charge in [0.25, 0.3) is 0 Å². The summed E-state index contributed by atoms with van der Waals surface area (Å²) in [7, 11) is 0. The number of aliphatic hydroxyl groups excluding tert-OH is 1. The van der Waals surface area contributed by atoms with Crippen molar-refractivity contribution in [1.82, 2.24) is 14.5 Å². The van der Waals surface area contributed by atoms with Crippen LogP contribution in [0.2, 0.25) is 5.02 Å². The predicted octanol–water partition coefficient (Wildman–Crippen LogP) is 3.20. The molecule has 0 saturated heterocycles. The number of nitrogens with zero attached hydrogens (tertiary/aromatic N) is 3. The zero-order valence-electron chi connectivity index (χ0n) is 10.5. The van der Waals surface area contributed by atoms with Crippen molar-refractivity contribution in [2.75, 3.05) is 0 Å². The molecule has 0 aliphatic carbocycles. The number of aromatic nitrogens is 3. The van der Waals surface area contributed by atoms with Gasteiger partial charge in [0.1, 0.15) is 5.01 Å². The topological polar surface area (TPSA) is 50.9 Å². The predicted molar refractivity (Wildman–Crippen MR) is 79.8 cm³/mol. The molecule has 3 rings (SSSR count). The highest BCUT2D eigenvalue weighted by Gasteiger charge is 2.12. The molecule has 2 heterocycles. The van der Waals surface area contributed by atoms with Crippen LogP contribution < -0.4 is 0 Å². The molecule has 2 aromatic heterocycles. The van der Waals surface area contributed by atoms with Crippen LogP contribution in [0.25, 0.3) is 10.6 Å². The third kappa shape index (κ3) is 2.75. The lowest BCUT2D eigenvalue weighted by atomic mass is 10.2. The second kappa shape index (κ2) is 5.75. The van der Waals surface area contributed by atoms with Gasteiger partial charge in [0.15, 0.2) is 0 Å². The maximum absolute atomic E-state index is 9.48. The van der Waals surface area contributed by atoms with E-state index in [9.17, 15) is 5.11 Å². The molecule has 3 aromatic rings. The molecule has 20 heavy (non-hydrogen) atoms. The van der Waals surface area contributed by atoms with Crippen molar-refractivity contribution in [1.29, 1.82) is 0 Å². The van der Waals surface area contributed by atoms with Crippen molar-refractivity contribution in [2.24, 2.45) is 0 Å². The first-order chi connectivity index (χ1) is 9.76. The van der Waals surface area contributed by atoms with E-state index in [1.165, 1.54) is 11.3 Å². The third-order valence-electron chi connectivity index (χ3n) is 2.90. The number of thiazole rings is 1. The lowest BCUT2D eigenvalue weighted by Gasteiger charge is -2.00. The van der Waals surface area contributed by atoms with E-state index in [4.69, 9.17) is 11.6 Å². The minimum Gasteiger partial charge on any atom is -0.391 e. The number of halogens is 1. The van der Waals surface area contributed by atoms with Crippen LogP contribution in [-0.4, -0.2) is 19.6 Å². The molecule has 1 N–H and O–H groups in total. The largest absolute Gasteiger partial charge is 0.391 e. The summed E-state index contributed by atoms with van der Waals surface area (Å²) in [6.45, 7) is 0.606. The number of hydrogen-bond donors (Lipinski definition) is 1. The summed E-state index contributed by atoms with van der Waals surface area (Å²) in [5.74, 6) is 0. The fourth-order valence-electron chi connectivity index (χ4n) is 1.90. The van der Waals surface area contributed by atoms with Crippen LogP contribution in [0.4, 0.5) is 0 Å². The van der Waals surface area contributed by atoms with E-state index in [0.29, 0.717) is 11.6 Å². The quantitative estimate of drug-likeness (QED) is 0.805. The molecule has 0 fully saturated rings. The molecular weight excluding hydrogens is 294 g/mol. The third-order valence-corrected chi connectivity index (χ3v) is 4.29. The van der Waals surface area contributed by atoms with Crippen molar-refractivity contribution in [3.63, 3.8) is 0 Å². The first-order valence-electron chi connectivity index (χ1n) is 6.07. The molecule has 102 valence electrons. The first-order valence-corrected chi connectivity index (χ1v) is 7.27. The summed E-state index contributed by atoms with van der Waals surface area (Å²) >= 11 is 7.39. The van der Waals surface area contributed by atoms with E-state index in [2.05, 4.69) is 9.97 Å². The summed E-state index contributed by atoms with van der Waals surface area (Å²) < 4.78 is 1.93. The van der Waals surface area contributed by atoms with E-state index in [1.54, 1.807) is 12.5 Å². The fraction of sp³-hybridized carbons (Fsp3) is 0.143. The van der Waals surface area contributed by atoms with Crippen LogP contribution in [0.5, 0.6) is 0 Å². The van der Waals surface area contributed by atoms with E-state index in [1.807, 2.05) is 35.0 Å². The molecule has 6 heteroatoms. The smallest absolute Gasteiger partial charge is 0.124 e. The van der Waals surface area contributed by atoms with Crippen LogP contribution in [-0.2, 0) is 13.2 Å². The van der Waals surface area contributed by atoms with Gasteiger partial charge in [0.2, 0.25) is 0 Å². The SMILES string of the molecule is OCc1sc(-c2ccc(Cl)cc2)nc1Cn1ccnc1. The van der Waals surface area contributed by atoms with Crippen LogP contribution >= 0.6 is 22.9 Å². The van der Waals surface area contributed by atoms with Gasteiger partial charge in [-0.1, -0.05) is 23.7 Å². The molecule has 0 unspecified atom stereocenters. The summed E-state index contributed by atoms with van der Waals surface area (Å²) in [5, 5.41) is 11.1. The van der Waals surface area contributed by atoms with Gasteiger partial charge in [-0.3, -0.25) is 0 Å². The van der Waals surface area contributed by atoms with Gasteiger partial charge < -0.3 is 9.67 Å². The zero-order valence-corrected chi connectivity index (χ0v) is 12.1. The molecule has 0 atom stereocenters. The summed E-state index contributed by atoms with van der Waals surface area (Å²) in [6, 6.07) is 7.55. The standard InChI is InChI=1S/C14H12ClN3OS/c15-11-3-1-10(2-4-11)14-17-12(13(8-19)20-14)7-18-6-5-16-9-18/h1-6,9,19H,7-8H2. The van der Waals surface area contributed by atoms with Gasteiger partial charge in [-0.25, -0.2) is 9.97 Å². The molecule has 0 saturated carbocycles. The lowest BCUT2D eigenvalue weighted by Crippen LogP contribution is -1.99. The lowest BCUT2D eigenvalue weighted by molar-refractivity contribution is 0.284. The van der Waals surface area contributed by atoms with Gasteiger partial charge in [0, 0.05) is 23.0 Å². The monoisotopic (exact) mass is 305 g/mol. The molecular formula is C14H12ClN3OS. The van der Waals surface area contributed by atoms with Crippen LogP contribution in [0, 0.1) is 0 Å². The maximum atomic E-state index is 9.48. The van der Waals surface area contributed by atoms with Gasteiger partial charge in [-0.15, -0.1) is 11.3 Å². The zero-order chi connectivity index (χ0) is 13.9. The fourth-order valence-corrected chi connectivity index (χ4v) is 2.96. The number of aliphatic hydroxyl groups is 1. The molecule has 4 nitrogen and oxygen atoms in total. The van der Waals surface area contributed by atoms with Gasteiger partial charge in [0.05, 0.1) is 30.1 Å². The van der Waals surface area contributed by atoms with Gasteiger partial charge >= 0.3 is 0 Å². The van der Waals surface area contributed by atoms with Crippen LogP contribution in [0.1, 0.15) is 10.6 Å². The molecule has 0 spiro atoms. The van der Waals surface area contributed by atoms with Gasteiger partial charge in [-0.05, 0) is 12.1 Å². The molecule has 0 aliphatic heterocycles. The highest BCUT2D eigenvalue weighted by Crippen LogP contribution is 2.29. The van der Waals surface area contributed by atoms with Crippen molar-refractivity contribution in [3.8, 4) is 10.6 Å². The van der Waals surface area contributed by atoms with Crippen LogP contribution in [0.3, 0.4) is 0 Å². The Morgan fingerprint density at radius 3 is 2.70 bits per heavy atom. The molecule has 1 aromatic carbocycles. The molecule has 0 aliphatic rings. The van der Waals surface area contributed by atoms with Crippen molar-refractivity contribution in [3.05, 3.63) is 58.6 Å². The molecule has 0 radical (unpaired) electrons. The Morgan fingerprint density at radius 2 is 2.05 bits per heavy atom. The number of hydrogen-bond acceptors (Lipinski definition) is 4. The summed E-state index contributed by atoms with van der Waals surface area (Å²) in [4.78, 5) is 9.51. The molecule has 0 amide bonds. The van der Waals surface area contributed by atoms with Gasteiger partial charge in [-0.2, -0.15) is 0 Å². The second-order valence-electron chi connectivity index (χ2n) is 4.29. The maximum Gasteiger partial charge on any atom is 0.124 e. The minimum atomic E-state index is -0.00468. The molecule has 0 bridgehead atoms. The van der Waals surface area contributed by atoms with E-state index < -0.39 is 0 Å². The normalized spacial score (nSPS) is 10.9. The Bertz CT molecular complexity index is 692. The Labute approximate surface area is 125 Å². The highest BCUT2D eigenvalue weighted by atomic mass is 35.5. The highest BCUT2D eigenvalue weighted by molar-refractivity contribution is 7.15. The van der Waals surface area contributed by atoms with E-state index in [-0.39, 0.29) is 6.61 Å². The Morgan fingerprint density at radius 1 is 1.25 bits per heavy atom. The van der Waals surface area contributed by atoms with E-state index >= 15 is 0 Å². The number of benzene rings is 1. The van der Waals surface area contributed by atoms with Crippen molar-refractivity contribution >= 4 is 22.9 Å². The van der Waals surface area contributed by atoms with Crippen molar-refractivity contribution in [2.45, 2.75) is 13.2 Å². The Hall–Kier alpha value is -1.69. The summed E-state index contributed by atoms with van der Waals surface area (Å²) in [6.07, 6.45) is 5.34.